The highest BCUT2D eigenvalue weighted by molar-refractivity contribution is 7.13. The Morgan fingerprint density at radius 1 is 1.79 bits per heavy atom. The van der Waals surface area contributed by atoms with Crippen molar-refractivity contribution in [2.24, 2.45) is 5.73 Å². The minimum Gasteiger partial charge on any atom is -0.369 e. The smallest absolute Gasteiger partial charge is 0.231 e. The van der Waals surface area contributed by atoms with Crippen LogP contribution in [0, 0.1) is 6.92 Å². The summed E-state index contributed by atoms with van der Waals surface area (Å²) in [6.07, 6.45) is 2.39. The molecule has 0 saturated heterocycles. The monoisotopic (exact) mass is 215 g/mol. The van der Waals surface area contributed by atoms with Gasteiger partial charge in [-0.05, 0) is 14.0 Å². The second-order valence-corrected chi connectivity index (χ2v) is 3.66. The fraction of sp³-hybridized carbons (Fsp3) is 0.375. The number of nitrogens with one attached hydrogen (secondary N) is 1. The van der Waals surface area contributed by atoms with Crippen LogP contribution in [0.1, 0.15) is 14.7 Å². The van der Waals surface area contributed by atoms with Crippen LogP contribution in [0.5, 0.6) is 0 Å². The summed E-state index contributed by atoms with van der Waals surface area (Å²) in [5.74, 6) is -0.322. The minimum absolute atomic E-state index is 0.264. The molecule has 0 aliphatic carbocycles. The number of carbonyl (C=O) groups excluding carboxylic acids is 2. The molecule has 0 atom stereocenters. The summed E-state index contributed by atoms with van der Waals surface area (Å²) in [5.41, 5.74) is 4.70. The fourth-order valence-electron chi connectivity index (χ4n) is 0.606. The van der Waals surface area contributed by atoms with Crippen LogP contribution < -0.4 is 11.1 Å². The number of primary amides is 1. The summed E-state index contributed by atoms with van der Waals surface area (Å²) >= 11 is 1.41. The molecule has 0 spiro atoms. The van der Waals surface area contributed by atoms with Gasteiger partial charge in [-0.15, -0.1) is 11.3 Å². The quantitative estimate of drug-likeness (QED) is 0.692. The van der Waals surface area contributed by atoms with Crippen molar-refractivity contribution in [2.45, 2.75) is 6.92 Å². The van der Waals surface area contributed by atoms with Crippen LogP contribution in [0.3, 0.4) is 0 Å². The fourth-order valence-corrected chi connectivity index (χ4v) is 1.21. The van der Waals surface area contributed by atoms with E-state index >= 15 is 0 Å². The van der Waals surface area contributed by atoms with Crippen molar-refractivity contribution in [3.05, 3.63) is 16.1 Å². The summed E-state index contributed by atoms with van der Waals surface area (Å²) in [6, 6.07) is 0. The number of rotatable bonds is 3. The first-order valence-electron chi connectivity index (χ1n) is 3.90. The third kappa shape index (κ3) is 6.27. The zero-order chi connectivity index (χ0) is 11.0. The molecule has 3 N–H and O–H groups in total. The lowest BCUT2D eigenvalue weighted by Gasteiger charge is -1.85. The number of aromatic nitrogens is 1. The molecule has 1 rings (SSSR count). The highest BCUT2D eigenvalue weighted by Crippen LogP contribution is 2.07. The van der Waals surface area contributed by atoms with Crippen LogP contribution in [0.2, 0.25) is 0 Å². The number of amides is 1. The van der Waals surface area contributed by atoms with Gasteiger partial charge in [0, 0.05) is 6.20 Å². The molecule has 6 heteroatoms. The molecule has 1 aromatic rings. The molecule has 0 fully saturated rings. The van der Waals surface area contributed by atoms with E-state index in [2.05, 4.69) is 10.3 Å². The lowest BCUT2D eigenvalue weighted by molar-refractivity contribution is -0.117. The minimum atomic E-state index is -0.322. The molecule has 0 saturated carbocycles. The zero-order valence-corrected chi connectivity index (χ0v) is 8.93. The molecular weight excluding hydrogens is 202 g/mol. The highest BCUT2D eigenvalue weighted by atomic mass is 32.1. The molecule has 0 radical (unpaired) electrons. The Balaban J connectivity index is 0.000000255. The van der Waals surface area contributed by atoms with Crippen LogP contribution in [0.25, 0.3) is 0 Å². The molecule has 14 heavy (non-hydrogen) atoms. The van der Waals surface area contributed by atoms with Crippen molar-refractivity contribution in [1.82, 2.24) is 10.3 Å². The number of aldehydes is 1. The van der Waals surface area contributed by atoms with Gasteiger partial charge in [-0.3, -0.25) is 9.59 Å². The predicted molar refractivity (Wildman–Crippen MR) is 55.4 cm³/mol. The summed E-state index contributed by atoms with van der Waals surface area (Å²) in [5, 5.41) is 3.53. The number of nitrogens with zero attached hydrogens (tertiary/aromatic N) is 1. The van der Waals surface area contributed by atoms with Crippen LogP contribution in [0.15, 0.2) is 6.20 Å². The molecule has 0 unspecified atom stereocenters. The van der Waals surface area contributed by atoms with Gasteiger partial charge in [-0.1, -0.05) is 0 Å². The SMILES string of the molecule is CNCC(N)=O.Cc1ncc(C=O)s1. The average molecular weight is 215 g/mol. The van der Waals surface area contributed by atoms with E-state index in [-0.39, 0.29) is 12.5 Å². The van der Waals surface area contributed by atoms with Gasteiger partial charge in [-0.2, -0.15) is 0 Å². The van der Waals surface area contributed by atoms with E-state index in [1.165, 1.54) is 11.3 Å². The number of aryl methyl sites for hydroxylation is 1. The van der Waals surface area contributed by atoms with E-state index in [9.17, 15) is 9.59 Å². The Bertz CT molecular complexity index is 299. The van der Waals surface area contributed by atoms with Crippen molar-refractivity contribution < 1.29 is 9.59 Å². The second kappa shape index (κ2) is 7.16. The molecule has 0 bridgehead atoms. The van der Waals surface area contributed by atoms with Gasteiger partial charge in [0.2, 0.25) is 5.91 Å². The van der Waals surface area contributed by atoms with Crippen LogP contribution in [-0.2, 0) is 4.79 Å². The van der Waals surface area contributed by atoms with Crippen molar-refractivity contribution >= 4 is 23.5 Å². The van der Waals surface area contributed by atoms with Gasteiger partial charge in [0.05, 0.1) is 16.4 Å². The molecule has 1 heterocycles. The van der Waals surface area contributed by atoms with Crippen LogP contribution in [0.4, 0.5) is 0 Å². The standard InChI is InChI=1S/C5H5NOS.C3H8N2O/c1-4-6-2-5(3-7)8-4;1-5-2-3(4)6/h2-3H,1H3;5H,2H2,1H3,(H2,4,6). The van der Waals surface area contributed by atoms with Gasteiger partial charge in [-0.25, -0.2) is 4.98 Å². The van der Waals surface area contributed by atoms with Crippen LogP contribution >= 0.6 is 11.3 Å². The Kier molecular flexibility index (Phi) is 6.51. The van der Waals surface area contributed by atoms with Crippen LogP contribution in [-0.4, -0.2) is 30.8 Å². The highest BCUT2D eigenvalue weighted by Gasteiger charge is 1.91. The first-order chi connectivity index (χ1) is 6.60. The van der Waals surface area contributed by atoms with Crippen molar-refractivity contribution in [3.8, 4) is 0 Å². The van der Waals surface area contributed by atoms with Gasteiger partial charge >= 0.3 is 0 Å². The molecule has 0 aliphatic rings. The molecule has 1 amide bonds. The first-order valence-corrected chi connectivity index (χ1v) is 4.72. The summed E-state index contributed by atoms with van der Waals surface area (Å²) in [4.78, 5) is 24.3. The predicted octanol–water partition coefficient (Wildman–Crippen LogP) is -0.0449. The largest absolute Gasteiger partial charge is 0.369 e. The Hall–Kier alpha value is -1.27. The normalized spacial score (nSPS) is 8.71. The average Bonchev–Trinajstić information content (AvgIpc) is 2.52. The maximum Gasteiger partial charge on any atom is 0.231 e. The Labute approximate surface area is 86.3 Å². The Morgan fingerprint density at radius 3 is 2.57 bits per heavy atom. The summed E-state index contributed by atoms with van der Waals surface area (Å²) in [6.45, 7) is 2.14. The van der Waals surface area contributed by atoms with Gasteiger partial charge in [0.1, 0.15) is 0 Å². The van der Waals surface area contributed by atoms with Gasteiger partial charge in [0.15, 0.2) is 6.29 Å². The molecule has 0 aromatic carbocycles. The van der Waals surface area contributed by atoms with Crippen molar-refractivity contribution in [3.63, 3.8) is 0 Å². The second-order valence-electron chi connectivity index (χ2n) is 2.40. The number of nitrogens with two attached hydrogens (primary N) is 1. The van der Waals surface area contributed by atoms with Crippen molar-refractivity contribution in [1.29, 1.82) is 0 Å². The van der Waals surface area contributed by atoms with E-state index in [1.807, 2.05) is 6.92 Å². The molecule has 78 valence electrons. The van der Waals surface area contributed by atoms with Gasteiger partial charge < -0.3 is 11.1 Å². The Morgan fingerprint density at radius 2 is 2.43 bits per heavy atom. The van der Waals surface area contributed by atoms with Crippen molar-refractivity contribution in [2.75, 3.05) is 13.6 Å². The van der Waals surface area contributed by atoms with E-state index in [4.69, 9.17) is 5.73 Å². The number of carbonyl (C=O) groups is 2. The maximum absolute atomic E-state index is 9.99. The van der Waals surface area contributed by atoms with E-state index < -0.39 is 0 Å². The lowest BCUT2D eigenvalue weighted by atomic mass is 10.6. The maximum atomic E-state index is 9.99. The first kappa shape index (κ1) is 12.7. The van der Waals surface area contributed by atoms with E-state index in [0.29, 0.717) is 4.88 Å². The number of hydrogen-bond acceptors (Lipinski definition) is 5. The zero-order valence-electron chi connectivity index (χ0n) is 8.11. The third-order valence-electron chi connectivity index (χ3n) is 1.11. The summed E-state index contributed by atoms with van der Waals surface area (Å²) < 4.78 is 0. The van der Waals surface area contributed by atoms with Gasteiger partial charge in [0.25, 0.3) is 0 Å². The summed E-state index contributed by atoms with van der Waals surface area (Å²) in [7, 11) is 1.67. The number of hydrogen-bond donors (Lipinski definition) is 2. The van der Waals surface area contributed by atoms with E-state index in [1.54, 1.807) is 13.2 Å². The lowest BCUT2D eigenvalue weighted by Crippen LogP contribution is -2.25. The molecule has 1 aromatic heterocycles. The molecular formula is C8H13N3O2S. The molecule has 0 aliphatic heterocycles. The van der Waals surface area contributed by atoms with E-state index in [0.717, 1.165) is 11.3 Å². The number of likely N-dealkylation sites (N-methyl/N-ethyl adjacent to an activating group) is 1. The number of thiazole rings is 1. The topological polar surface area (TPSA) is 85.1 Å². The third-order valence-corrected chi connectivity index (χ3v) is 1.94. The molecule has 5 nitrogen and oxygen atoms in total.